The number of aryl methyl sites for hydroxylation is 2. The highest BCUT2D eigenvalue weighted by atomic mass is 35.6. The van der Waals surface area contributed by atoms with Crippen LogP contribution in [0.5, 0.6) is 0 Å². The number of urea groups is 1. The Morgan fingerprint density at radius 1 is 0.811 bits per heavy atom. The number of rotatable bonds is 5. The van der Waals surface area contributed by atoms with E-state index in [2.05, 4.69) is 16.0 Å². The van der Waals surface area contributed by atoms with Crippen molar-refractivity contribution < 1.29 is 45.1 Å². The Kier molecular flexibility index (Phi) is 9.09. The predicted molar refractivity (Wildman–Crippen MR) is 125 cm³/mol. The summed E-state index contributed by atoms with van der Waals surface area (Å²) in [7, 11) is 0. The van der Waals surface area contributed by atoms with Crippen molar-refractivity contribution in [1.29, 1.82) is 0 Å². The normalized spacial score (nSPS) is 12.6. The molecule has 204 valence electrons. The summed E-state index contributed by atoms with van der Waals surface area (Å²) in [6, 6.07) is 5.34. The predicted octanol–water partition coefficient (Wildman–Crippen LogP) is 8.16. The molecule has 0 saturated carbocycles. The van der Waals surface area contributed by atoms with Gasteiger partial charge in [-0.25, -0.2) is 14.0 Å². The molecule has 0 aliphatic heterocycles. The van der Waals surface area contributed by atoms with Gasteiger partial charge in [0.05, 0.1) is 0 Å². The van der Waals surface area contributed by atoms with E-state index < -0.39 is 46.1 Å². The van der Waals surface area contributed by atoms with Crippen molar-refractivity contribution in [3.05, 3.63) is 53.1 Å². The number of benzene rings is 2. The maximum atomic E-state index is 14.4. The van der Waals surface area contributed by atoms with Gasteiger partial charge in [0.2, 0.25) is 3.79 Å². The average Bonchev–Trinajstić information content (AvgIpc) is 2.72. The summed E-state index contributed by atoms with van der Waals surface area (Å²) >= 11 is 16.4. The average molecular weight is 599 g/mol. The van der Waals surface area contributed by atoms with Gasteiger partial charge in [-0.05, 0) is 43.2 Å². The van der Waals surface area contributed by atoms with Crippen LogP contribution in [0.3, 0.4) is 0 Å². The molecule has 37 heavy (non-hydrogen) atoms. The van der Waals surface area contributed by atoms with E-state index in [-0.39, 0.29) is 28.2 Å². The van der Waals surface area contributed by atoms with Crippen LogP contribution in [0.15, 0.2) is 36.4 Å². The van der Waals surface area contributed by atoms with Crippen molar-refractivity contribution in [3.63, 3.8) is 0 Å². The largest absolute Gasteiger partial charge is 0.445 e. The molecule has 0 fully saturated rings. The van der Waals surface area contributed by atoms with Crippen LogP contribution < -0.4 is 16.0 Å². The summed E-state index contributed by atoms with van der Waals surface area (Å²) < 4.78 is 95.8. The Bertz CT molecular complexity index is 1130. The van der Waals surface area contributed by atoms with Gasteiger partial charge in [-0.3, -0.25) is 5.32 Å². The molecule has 0 spiro atoms. The van der Waals surface area contributed by atoms with E-state index in [4.69, 9.17) is 39.5 Å². The van der Waals surface area contributed by atoms with Crippen molar-refractivity contribution in [2.75, 3.05) is 22.6 Å². The summed E-state index contributed by atoms with van der Waals surface area (Å²) in [5.74, 6) is 0. The summed E-state index contributed by atoms with van der Waals surface area (Å²) in [6.45, 7) is 1.66. The molecule has 0 aromatic heterocycles. The molecule has 0 unspecified atom stereocenters. The monoisotopic (exact) mass is 597 g/mol. The summed E-state index contributed by atoms with van der Waals surface area (Å²) in [4.78, 5) is 24.2. The SMILES string of the molecule is Cc1cc(C(F)(C(F)(F)F)C(F)(F)F)cc(C)c1NC(=O)Nc1cccc(NC(=O)OCC(Cl)(Cl)Cl)c1. The standard InChI is InChI=1S/C21H17Cl3F7N3O3/c1-10-6-12(19(25,20(26,27)28)21(29,30)31)7-11(2)15(10)34-16(35)32-13-4-3-5-14(8-13)33-17(36)37-9-18(22,23)24/h3-8H,9H2,1-2H3,(H,33,36)(H2,32,34,35). The fraction of sp³-hybridized carbons (Fsp3) is 0.333. The number of carbonyl (C=O) groups is 2. The van der Waals surface area contributed by atoms with Crippen LogP contribution in [-0.2, 0) is 10.4 Å². The Morgan fingerprint density at radius 3 is 1.76 bits per heavy atom. The van der Waals surface area contributed by atoms with E-state index in [0.717, 1.165) is 13.8 Å². The maximum absolute atomic E-state index is 14.4. The zero-order valence-corrected chi connectivity index (χ0v) is 20.9. The van der Waals surface area contributed by atoms with Crippen LogP contribution in [0.2, 0.25) is 0 Å². The van der Waals surface area contributed by atoms with Crippen molar-refractivity contribution >= 4 is 64.0 Å². The van der Waals surface area contributed by atoms with Crippen LogP contribution in [0, 0.1) is 13.8 Å². The first-order valence-corrected chi connectivity index (χ1v) is 11.0. The van der Waals surface area contributed by atoms with Crippen LogP contribution in [0.4, 0.5) is 57.4 Å². The lowest BCUT2D eigenvalue weighted by molar-refractivity contribution is -0.348. The van der Waals surface area contributed by atoms with Crippen LogP contribution >= 0.6 is 34.8 Å². The number of ether oxygens (including phenoxy) is 1. The van der Waals surface area contributed by atoms with Gasteiger partial charge in [-0.2, -0.15) is 26.3 Å². The lowest BCUT2D eigenvalue weighted by atomic mass is 9.90. The molecule has 0 atom stereocenters. The third kappa shape index (κ3) is 7.68. The maximum Gasteiger partial charge on any atom is 0.435 e. The molecular formula is C21H17Cl3F7N3O3. The molecule has 0 aliphatic carbocycles. The Hall–Kier alpha value is -2.64. The van der Waals surface area contributed by atoms with Gasteiger partial charge < -0.3 is 15.4 Å². The van der Waals surface area contributed by atoms with Gasteiger partial charge in [0.1, 0.15) is 6.61 Å². The van der Waals surface area contributed by atoms with E-state index in [1.54, 1.807) is 0 Å². The summed E-state index contributed by atoms with van der Waals surface area (Å²) in [5, 5.41) is 6.97. The molecule has 0 bridgehead atoms. The zero-order valence-electron chi connectivity index (χ0n) is 18.7. The second-order valence-corrected chi connectivity index (χ2v) is 10.1. The highest BCUT2D eigenvalue weighted by molar-refractivity contribution is 6.67. The number of amides is 3. The van der Waals surface area contributed by atoms with Gasteiger partial charge in [0.15, 0.2) is 0 Å². The molecule has 2 rings (SSSR count). The van der Waals surface area contributed by atoms with Gasteiger partial charge in [-0.1, -0.05) is 53.0 Å². The molecule has 2 aromatic rings. The van der Waals surface area contributed by atoms with Gasteiger partial charge in [0.25, 0.3) is 0 Å². The van der Waals surface area contributed by atoms with Gasteiger partial charge in [-0.15, -0.1) is 0 Å². The number of alkyl halides is 10. The highest BCUT2D eigenvalue weighted by Gasteiger charge is 2.73. The van der Waals surface area contributed by atoms with E-state index in [0.29, 0.717) is 12.1 Å². The fourth-order valence-electron chi connectivity index (χ4n) is 3.10. The van der Waals surface area contributed by atoms with Crippen molar-refractivity contribution in [3.8, 4) is 0 Å². The first-order chi connectivity index (χ1) is 16.7. The highest BCUT2D eigenvalue weighted by Crippen LogP contribution is 2.53. The number of nitrogens with one attached hydrogen (secondary N) is 3. The fourth-order valence-corrected chi connectivity index (χ4v) is 3.26. The third-order valence-electron chi connectivity index (χ3n) is 4.68. The lowest BCUT2D eigenvalue weighted by Gasteiger charge is -2.31. The third-order valence-corrected chi connectivity index (χ3v) is 5.01. The molecule has 16 heteroatoms. The molecule has 0 aliphatic rings. The van der Waals surface area contributed by atoms with E-state index in [9.17, 15) is 40.3 Å². The number of anilines is 3. The molecule has 2 aromatic carbocycles. The quantitative estimate of drug-likeness (QED) is 0.240. The number of hydrogen-bond donors (Lipinski definition) is 3. The zero-order chi connectivity index (χ0) is 28.4. The molecule has 6 nitrogen and oxygen atoms in total. The molecule has 0 saturated heterocycles. The molecule has 3 amide bonds. The second-order valence-electron chi connectivity index (χ2n) is 7.62. The molecular weight excluding hydrogens is 582 g/mol. The topological polar surface area (TPSA) is 79.5 Å². The molecule has 3 N–H and O–H groups in total. The Labute approximate surface area is 220 Å². The molecule has 0 radical (unpaired) electrons. The smallest absolute Gasteiger partial charge is 0.435 e. The van der Waals surface area contributed by atoms with Gasteiger partial charge in [0, 0.05) is 22.6 Å². The van der Waals surface area contributed by atoms with Crippen molar-refractivity contribution in [1.82, 2.24) is 0 Å². The minimum absolute atomic E-state index is 0.125. The minimum Gasteiger partial charge on any atom is -0.445 e. The Balaban J connectivity index is 2.19. The van der Waals surface area contributed by atoms with E-state index >= 15 is 0 Å². The lowest BCUT2D eigenvalue weighted by Crippen LogP contribution is -2.50. The Morgan fingerprint density at radius 2 is 1.30 bits per heavy atom. The first-order valence-electron chi connectivity index (χ1n) is 9.87. The van der Waals surface area contributed by atoms with Gasteiger partial charge >= 0.3 is 30.1 Å². The van der Waals surface area contributed by atoms with Crippen molar-refractivity contribution in [2.45, 2.75) is 35.7 Å². The van der Waals surface area contributed by atoms with Crippen molar-refractivity contribution in [2.24, 2.45) is 0 Å². The molecule has 0 heterocycles. The van der Waals surface area contributed by atoms with Crippen LogP contribution in [-0.4, -0.2) is 34.9 Å². The minimum atomic E-state index is -6.27. The number of hydrogen-bond acceptors (Lipinski definition) is 3. The summed E-state index contributed by atoms with van der Waals surface area (Å²) in [6.07, 6.45) is -13.5. The first kappa shape index (κ1) is 30.6. The second kappa shape index (κ2) is 11.0. The van der Waals surface area contributed by atoms with E-state index in [1.165, 1.54) is 24.3 Å². The van der Waals surface area contributed by atoms with E-state index in [1.807, 2.05) is 0 Å². The number of halogens is 10. The number of carbonyl (C=O) groups excluding carboxylic acids is 2. The summed E-state index contributed by atoms with van der Waals surface area (Å²) in [5.41, 5.74) is -7.65. The van der Waals surface area contributed by atoms with Crippen LogP contribution in [0.25, 0.3) is 0 Å². The van der Waals surface area contributed by atoms with Crippen LogP contribution in [0.1, 0.15) is 16.7 Å².